The Balaban J connectivity index is 2.97. The summed E-state index contributed by atoms with van der Waals surface area (Å²) in [6.07, 6.45) is 0.583. The molecule has 0 amide bonds. The maximum Gasteiger partial charge on any atom is 0.270 e. The predicted octanol–water partition coefficient (Wildman–Crippen LogP) is 1.86. The van der Waals surface area contributed by atoms with Crippen LogP contribution in [-0.2, 0) is 0 Å². The van der Waals surface area contributed by atoms with Crippen molar-refractivity contribution in [2.45, 2.75) is 19.8 Å². The number of hydrogen-bond donors (Lipinski definition) is 1. The van der Waals surface area contributed by atoms with E-state index >= 15 is 0 Å². The second-order valence-corrected chi connectivity index (χ2v) is 3.51. The van der Waals surface area contributed by atoms with E-state index in [0.717, 1.165) is 0 Å². The number of benzene rings is 1. The minimum atomic E-state index is -0.526. The van der Waals surface area contributed by atoms with Gasteiger partial charge in [0.1, 0.15) is 0 Å². The predicted molar refractivity (Wildman–Crippen MR) is 58.5 cm³/mol. The molecule has 0 spiro atoms. The molecule has 1 N–H and O–H groups in total. The molecule has 0 aliphatic heterocycles. The highest BCUT2D eigenvalue weighted by Gasteiger charge is 2.13. The van der Waals surface area contributed by atoms with E-state index in [-0.39, 0.29) is 24.5 Å². The molecule has 16 heavy (non-hydrogen) atoms. The molecule has 0 bridgehead atoms. The SMILES string of the molecule is Cc1ccc([N+](=O)[O-])cc1C(=O)CCCO. The van der Waals surface area contributed by atoms with Gasteiger partial charge in [-0.1, -0.05) is 6.07 Å². The summed E-state index contributed by atoms with van der Waals surface area (Å²) in [6, 6.07) is 4.22. The number of hydrogen-bond acceptors (Lipinski definition) is 4. The van der Waals surface area contributed by atoms with Crippen molar-refractivity contribution in [3.63, 3.8) is 0 Å². The lowest BCUT2D eigenvalue weighted by Gasteiger charge is -2.03. The fourth-order valence-electron chi connectivity index (χ4n) is 1.40. The average molecular weight is 223 g/mol. The van der Waals surface area contributed by atoms with Crippen LogP contribution in [0.15, 0.2) is 18.2 Å². The summed E-state index contributed by atoms with van der Waals surface area (Å²) in [5, 5.41) is 19.2. The lowest BCUT2D eigenvalue weighted by molar-refractivity contribution is -0.384. The maximum absolute atomic E-state index is 11.7. The Kier molecular flexibility index (Phi) is 4.13. The fraction of sp³-hybridized carbons (Fsp3) is 0.364. The number of Topliss-reactive ketones (excluding diaryl/α,β-unsaturated/α-hetero) is 1. The Hall–Kier alpha value is -1.75. The second kappa shape index (κ2) is 5.37. The topological polar surface area (TPSA) is 80.4 Å². The van der Waals surface area contributed by atoms with Crippen LogP contribution in [0.5, 0.6) is 0 Å². The first kappa shape index (κ1) is 12.3. The van der Waals surface area contributed by atoms with Gasteiger partial charge < -0.3 is 5.11 Å². The molecule has 0 saturated heterocycles. The largest absolute Gasteiger partial charge is 0.396 e. The third kappa shape index (κ3) is 2.87. The number of nitro groups is 1. The standard InChI is InChI=1S/C11H13NO4/c1-8-4-5-9(12(15)16)7-10(8)11(14)3-2-6-13/h4-5,7,13H,2-3,6H2,1H3. The van der Waals surface area contributed by atoms with Crippen molar-refractivity contribution in [2.75, 3.05) is 6.61 Å². The summed E-state index contributed by atoms with van der Waals surface area (Å²) in [6.45, 7) is 1.68. The minimum Gasteiger partial charge on any atom is -0.396 e. The maximum atomic E-state index is 11.7. The number of nitro benzene ring substituents is 1. The molecular weight excluding hydrogens is 210 g/mol. The number of nitrogens with zero attached hydrogens (tertiary/aromatic N) is 1. The van der Waals surface area contributed by atoms with Gasteiger partial charge in [0.25, 0.3) is 5.69 Å². The highest BCUT2D eigenvalue weighted by atomic mass is 16.6. The third-order valence-corrected chi connectivity index (χ3v) is 2.29. The van der Waals surface area contributed by atoms with E-state index in [2.05, 4.69) is 0 Å². The number of carbonyl (C=O) groups excluding carboxylic acids is 1. The van der Waals surface area contributed by atoms with Gasteiger partial charge in [0.15, 0.2) is 5.78 Å². The van der Waals surface area contributed by atoms with Gasteiger partial charge in [-0.05, 0) is 18.9 Å². The van der Waals surface area contributed by atoms with Crippen molar-refractivity contribution in [3.8, 4) is 0 Å². The van der Waals surface area contributed by atoms with E-state index in [0.29, 0.717) is 17.5 Å². The molecule has 1 rings (SSSR count). The van der Waals surface area contributed by atoms with E-state index in [9.17, 15) is 14.9 Å². The summed E-state index contributed by atoms with van der Waals surface area (Å²) >= 11 is 0. The third-order valence-electron chi connectivity index (χ3n) is 2.29. The first-order valence-corrected chi connectivity index (χ1v) is 4.95. The second-order valence-electron chi connectivity index (χ2n) is 3.51. The lowest BCUT2D eigenvalue weighted by Crippen LogP contribution is -2.04. The van der Waals surface area contributed by atoms with Gasteiger partial charge >= 0.3 is 0 Å². The van der Waals surface area contributed by atoms with Crippen molar-refractivity contribution in [3.05, 3.63) is 39.4 Å². The van der Waals surface area contributed by atoms with Gasteiger partial charge in [-0.2, -0.15) is 0 Å². The van der Waals surface area contributed by atoms with Crippen LogP contribution in [0.25, 0.3) is 0 Å². The molecule has 0 aliphatic carbocycles. The van der Waals surface area contributed by atoms with E-state index in [4.69, 9.17) is 5.11 Å². The van der Waals surface area contributed by atoms with Crippen molar-refractivity contribution in [1.82, 2.24) is 0 Å². The molecule has 0 atom stereocenters. The zero-order valence-corrected chi connectivity index (χ0v) is 8.97. The highest BCUT2D eigenvalue weighted by molar-refractivity contribution is 5.97. The molecule has 0 radical (unpaired) electrons. The Morgan fingerprint density at radius 2 is 2.19 bits per heavy atom. The van der Waals surface area contributed by atoms with Crippen LogP contribution in [-0.4, -0.2) is 22.4 Å². The van der Waals surface area contributed by atoms with Crippen molar-refractivity contribution >= 4 is 11.5 Å². The van der Waals surface area contributed by atoms with Crippen molar-refractivity contribution in [2.24, 2.45) is 0 Å². The van der Waals surface area contributed by atoms with Crippen LogP contribution in [0, 0.1) is 17.0 Å². The Labute approximate surface area is 92.9 Å². The Bertz CT molecular complexity index is 414. The normalized spacial score (nSPS) is 10.1. The van der Waals surface area contributed by atoms with Gasteiger partial charge in [0.05, 0.1) is 4.92 Å². The summed E-state index contributed by atoms with van der Waals surface area (Å²) < 4.78 is 0. The molecule has 0 fully saturated rings. The van der Waals surface area contributed by atoms with Crippen LogP contribution in [0.4, 0.5) is 5.69 Å². The first-order valence-electron chi connectivity index (χ1n) is 4.95. The number of aliphatic hydroxyl groups excluding tert-OH is 1. The van der Waals surface area contributed by atoms with Crippen LogP contribution in [0.3, 0.4) is 0 Å². The zero-order valence-electron chi connectivity index (χ0n) is 8.97. The molecule has 86 valence electrons. The van der Waals surface area contributed by atoms with Gasteiger partial charge in [-0.15, -0.1) is 0 Å². The van der Waals surface area contributed by atoms with Crippen LogP contribution in [0.2, 0.25) is 0 Å². The summed E-state index contributed by atoms with van der Waals surface area (Å²) in [5.74, 6) is -0.171. The van der Waals surface area contributed by atoms with Gasteiger partial charge in [0.2, 0.25) is 0 Å². The van der Waals surface area contributed by atoms with Crippen LogP contribution in [0.1, 0.15) is 28.8 Å². The number of aliphatic hydroxyl groups is 1. The van der Waals surface area contributed by atoms with Crippen LogP contribution >= 0.6 is 0 Å². The molecule has 1 aromatic rings. The fourth-order valence-corrected chi connectivity index (χ4v) is 1.40. The molecule has 0 unspecified atom stereocenters. The highest BCUT2D eigenvalue weighted by Crippen LogP contribution is 2.19. The van der Waals surface area contributed by atoms with Crippen molar-refractivity contribution in [1.29, 1.82) is 0 Å². The number of ketones is 1. The van der Waals surface area contributed by atoms with E-state index in [1.54, 1.807) is 13.0 Å². The van der Waals surface area contributed by atoms with Gasteiger partial charge in [-0.3, -0.25) is 14.9 Å². The molecule has 5 heteroatoms. The number of rotatable bonds is 5. The monoisotopic (exact) mass is 223 g/mol. The van der Waals surface area contributed by atoms with Crippen LogP contribution < -0.4 is 0 Å². The molecule has 0 aliphatic rings. The number of carbonyl (C=O) groups is 1. The Morgan fingerprint density at radius 1 is 1.50 bits per heavy atom. The molecule has 0 heterocycles. The quantitative estimate of drug-likeness (QED) is 0.469. The van der Waals surface area contributed by atoms with Gasteiger partial charge in [-0.25, -0.2) is 0 Å². The first-order chi connectivity index (χ1) is 7.56. The average Bonchev–Trinajstić information content (AvgIpc) is 2.26. The number of non-ortho nitro benzene ring substituents is 1. The summed E-state index contributed by atoms with van der Waals surface area (Å²) in [7, 11) is 0. The zero-order chi connectivity index (χ0) is 12.1. The van der Waals surface area contributed by atoms with E-state index in [1.165, 1.54) is 12.1 Å². The summed E-state index contributed by atoms with van der Waals surface area (Å²) in [4.78, 5) is 21.7. The van der Waals surface area contributed by atoms with E-state index in [1.807, 2.05) is 0 Å². The van der Waals surface area contributed by atoms with E-state index < -0.39 is 4.92 Å². The molecule has 0 saturated carbocycles. The lowest BCUT2D eigenvalue weighted by atomic mass is 10.0. The summed E-state index contributed by atoms with van der Waals surface area (Å²) in [5.41, 5.74) is 0.995. The van der Waals surface area contributed by atoms with Crippen molar-refractivity contribution < 1.29 is 14.8 Å². The molecule has 5 nitrogen and oxygen atoms in total. The van der Waals surface area contributed by atoms with Gasteiger partial charge in [0, 0.05) is 30.7 Å². The minimum absolute atomic E-state index is 0.0558. The molecule has 0 aromatic heterocycles. The Morgan fingerprint density at radius 3 is 2.75 bits per heavy atom. The smallest absolute Gasteiger partial charge is 0.270 e. The molecule has 1 aromatic carbocycles. The number of aryl methyl sites for hydroxylation is 1. The molecular formula is C11H13NO4.